The minimum atomic E-state index is -0.262. The number of hydrogen-bond acceptors (Lipinski definition) is 0. The lowest BCUT2D eigenvalue weighted by molar-refractivity contribution is 0.580. The van der Waals surface area contributed by atoms with Crippen LogP contribution in [0.3, 0.4) is 0 Å². The molecule has 0 heteroatoms. The third-order valence-corrected chi connectivity index (χ3v) is 19.2. The average Bonchev–Trinajstić information content (AvgIpc) is 4.36. The van der Waals surface area contributed by atoms with Crippen molar-refractivity contribution < 1.29 is 0 Å². The van der Waals surface area contributed by atoms with Gasteiger partial charge in [0.2, 0.25) is 0 Å². The Labute approximate surface area is 450 Å². The van der Waals surface area contributed by atoms with Crippen molar-refractivity contribution in [2.45, 2.75) is 103 Å². The lowest BCUT2D eigenvalue weighted by Gasteiger charge is -2.32. The first-order valence-corrected chi connectivity index (χ1v) is 27.9. The largest absolute Gasteiger partial charge is 0.0622 e. The molecule has 0 saturated heterocycles. The van der Waals surface area contributed by atoms with Crippen LogP contribution in [0.15, 0.2) is 194 Å². The number of hydrogen-bond donors (Lipinski definition) is 0. The van der Waals surface area contributed by atoms with E-state index >= 15 is 0 Å². The summed E-state index contributed by atoms with van der Waals surface area (Å²) in [6.45, 7) is 22.2. The molecule has 0 radical (unpaired) electrons. The second-order valence-corrected chi connectivity index (χ2v) is 25.4. The Morgan fingerprint density at radius 2 is 0.829 bits per heavy atom. The quantitative estimate of drug-likeness (QED) is 0.151. The van der Waals surface area contributed by atoms with Gasteiger partial charge in [0.25, 0.3) is 0 Å². The minimum Gasteiger partial charge on any atom is -0.0622 e. The first-order chi connectivity index (χ1) is 36.6. The molecule has 1 atom stereocenters. The molecule has 10 aromatic rings. The van der Waals surface area contributed by atoms with E-state index < -0.39 is 0 Å². The standard InChI is InChI=1S/C76H64/c1-73(2,3)60-33-21-19-31-53(60)65(48-35-37-55-63(42-48)76(8,9)71-68(55)59-40-46-26-14-16-29-51(46)67(59)70-54-32-20-22-34-61(54)75(6,7)72(70)71)47-36-38-56-62(41-47)74(4,5)64-43-57(52-30-18-17-27-49(52)44-23-11-10-12-24-44)58-39-45-25-13-15-28-50(45)66(58)69(56)64/h10-38,41-43,65H,39-40H2,1-9H3. The summed E-state index contributed by atoms with van der Waals surface area (Å²) < 4.78 is 0. The molecule has 1 unspecified atom stereocenters. The van der Waals surface area contributed by atoms with Gasteiger partial charge in [-0.2, -0.15) is 0 Å². The van der Waals surface area contributed by atoms with E-state index in [2.05, 4.69) is 256 Å². The SMILES string of the molecule is CC(C)(C)c1ccccc1C(c1ccc2c(c1)C(C)(C)c1cc(-c3ccccc3-c3ccccc3)c3c(c1-2)-c1ccccc1C3)c1ccc2c(c1)C(C)(C)c1c-2c2c(c3c1C(C)(C)c1ccccc1-3)-c1ccccc1C2. The second-order valence-electron chi connectivity index (χ2n) is 25.4. The Bertz CT molecular complexity index is 4160. The highest BCUT2D eigenvalue weighted by Crippen LogP contribution is 2.65. The minimum absolute atomic E-state index is 0.00572. The Hall–Kier alpha value is -7.80. The number of benzene rings is 10. The van der Waals surface area contributed by atoms with Gasteiger partial charge < -0.3 is 0 Å². The maximum Gasteiger partial charge on any atom is 0.0343 e. The molecule has 0 N–H and O–H groups in total. The first-order valence-electron chi connectivity index (χ1n) is 27.9. The van der Waals surface area contributed by atoms with Crippen LogP contribution < -0.4 is 0 Å². The van der Waals surface area contributed by atoms with E-state index in [-0.39, 0.29) is 27.6 Å². The molecule has 0 aromatic heterocycles. The third-order valence-electron chi connectivity index (χ3n) is 19.2. The molecule has 76 heavy (non-hydrogen) atoms. The van der Waals surface area contributed by atoms with Crippen LogP contribution in [0, 0.1) is 0 Å². The second kappa shape index (κ2) is 15.6. The van der Waals surface area contributed by atoms with Gasteiger partial charge in [-0.3, -0.25) is 0 Å². The summed E-state index contributed by atoms with van der Waals surface area (Å²) in [5.74, 6) is 0.00572. The maximum absolute atomic E-state index is 2.66. The maximum atomic E-state index is 2.66. The van der Waals surface area contributed by atoms with E-state index in [1.54, 1.807) is 0 Å². The van der Waals surface area contributed by atoms with Crippen molar-refractivity contribution in [2.75, 3.05) is 0 Å². The van der Waals surface area contributed by atoms with Gasteiger partial charge in [-0.05, 0) is 180 Å². The highest BCUT2D eigenvalue weighted by Gasteiger charge is 2.50. The molecule has 0 aliphatic heterocycles. The van der Waals surface area contributed by atoms with Crippen LogP contribution in [-0.4, -0.2) is 0 Å². The molecular formula is C76H64. The van der Waals surface area contributed by atoms with Crippen LogP contribution in [0.4, 0.5) is 0 Å². The number of fused-ring (bicyclic) bond motifs is 19. The van der Waals surface area contributed by atoms with Gasteiger partial charge in [-0.25, -0.2) is 0 Å². The molecule has 5 aliphatic carbocycles. The third kappa shape index (κ3) is 6.08. The Morgan fingerprint density at radius 3 is 1.50 bits per heavy atom. The van der Waals surface area contributed by atoms with E-state index in [4.69, 9.17) is 0 Å². The molecular weight excluding hydrogens is 913 g/mol. The summed E-state index contributed by atoms with van der Waals surface area (Å²) in [6, 6.07) is 75.1. The van der Waals surface area contributed by atoms with Crippen LogP contribution in [0.25, 0.3) is 77.9 Å². The van der Waals surface area contributed by atoms with Crippen molar-refractivity contribution in [1.29, 1.82) is 0 Å². The van der Waals surface area contributed by atoms with Crippen molar-refractivity contribution in [3.63, 3.8) is 0 Å². The van der Waals surface area contributed by atoms with Gasteiger partial charge in [-0.15, -0.1) is 0 Å². The molecule has 15 rings (SSSR count). The van der Waals surface area contributed by atoms with Gasteiger partial charge in [0.1, 0.15) is 0 Å². The van der Waals surface area contributed by atoms with Crippen LogP contribution in [0.1, 0.15) is 146 Å². The molecule has 0 saturated carbocycles. The molecule has 0 heterocycles. The van der Waals surface area contributed by atoms with Gasteiger partial charge in [0.15, 0.2) is 0 Å². The normalized spacial score (nSPS) is 16.1. The molecule has 0 fully saturated rings. The lowest BCUT2D eigenvalue weighted by atomic mass is 9.70. The van der Waals surface area contributed by atoms with E-state index in [1.165, 1.54) is 156 Å². The first kappa shape index (κ1) is 45.6. The summed E-state index contributed by atoms with van der Waals surface area (Å²) in [5, 5.41) is 0. The Morgan fingerprint density at radius 1 is 0.342 bits per heavy atom. The summed E-state index contributed by atoms with van der Waals surface area (Å²) in [6.07, 6.45) is 1.89. The zero-order valence-corrected chi connectivity index (χ0v) is 45.5. The fourth-order valence-corrected chi connectivity index (χ4v) is 15.7. The van der Waals surface area contributed by atoms with E-state index in [0.717, 1.165) is 12.8 Å². The summed E-state index contributed by atoms with van der Waals surface area (Å²) in [5.41, 5.74) is 38.9. The summed E-state index contributed by atoms with van der Waals surface area (Å²) in [7, 11) is 0. The molecule has 0 bridgehead atoms. The topological polar surface area (TPSA) is 0 Å². The van der Waals surface area contributed by atoms with Gasteiger partial charge in [0, 0.05) is 22.2 Å². The van der Waals surface area contributed by atoms with Crippen molar-refractivity contribution in [3.8, 4) is 77.9 Å². The van der Waals surface area contributed by atoms with E-state index in [9.17, 15) is 0 Å². The monoisotopic (exact) mass is 977 g/mol. The van der Waals surface area contributed by atoms with Crippen LogP contribution in [-0.2, 0) is 34.5 Å². The number of rotatable bonds is 5. The van der Waals surface area contributed by atoms with Crippen molar-refractivity contribution >= 4 is 0 Å². The van der Waals surface area contributed by atoms with Crippen molar-refractivity contribution in [2.24, 2.45) is 0 Å². The fourth-order valence-electron chi connectivity index (χ4n) is 15.7. The molecule has 0 spiro atoms. The predicted octanol–water partition coefficient (Wildman–Crippen LogP) is 19.6. The van der Waals surface area contributed by atoms with E-state index in [1.807, 2.05) is 0 Å². The van der Waals surface area contributed by atoms with Crippen molar-refractivity contribution in [3.05, 3.63) is 272 Å². The lowest BCUT2D eigenvalue weighted by Crippen LogP contribution is -2.25. The Kier molecular flexibility index (Phi) is 9.38. The fraction of sp³-hybridized carbons (Fsp3) is 0.211. The predicted molar refractivity (Wildman–Crippen MR) is 319 cm³/mol. The molecule has 0 nitrogen and oxygen atoms in total. The zero-order chi connectivity index (χ0) is 51.8. The Balaban J connectivity index is 0.938. The van der Waals surface area contributed by atoms with Gasteiger partial charge in [0.05, 0.1) is 0 Å². The van der Waals surface area contributed by atoms with E-state index in [0.29, 0.717) is 0 Å². The average molecular weight is 977 g/mol. The highest BCUT2D eigenvalue weighted by molar-refractivity contribution is 6.05. The smallest absolute Gasteiger partial charge is 0.0343 e. The van der Waals surface area contributed by atoms with Crippen LogP contribution >= 0.6 is 0 Å². The van der Waals surface area contributed by atoms with Crippen molar-refractivity contribution in [1.82, 2.24) is 0 Å². The summed E-state index contributed by atoms with van der Waals surface area (Å²) >= 11 is 0. The summed E-state index contributed by atoms with van der Waals surface area (Å²) in [4.78, 5) is 0. The molecule has 5 aliphatic rings. The molecule has 368 valence electrons. The van der Waals surface area contributed by atoms with Gasteiger partial charge >= 0.3 is 0 Å². The van der Waals surface area contributed by atoms with Crippen LogP contribution in [0.5, 0.6) is 0 Å². The highest BCUT2D eigenvalue weighted by atomic mass is 14.5. The zero-order valence-electron chi connectivity index (χ0n) is 45.5. The molecule has 10 aromatic carbocycles. The molecule has 0 amide bonds. The van der Waals surface area contributed by atoms with Gasteiger partial charge in [-0.1, -0.05) is 250 Å². The van der Waals surface area contributed by atoms with Crippen LogP contribution in [0.2, 0.25) is 0 Å².